The molecular formula is C17H24N2O2. The minimum atomic E-state index is -0.168. The molecule has 1 rings (SSSR count). The number of carbonyl (C=O) groups is 1. The van der Waals surface area contributed by atoms with E-state index in [-0.39, 0.29) is 11.5 Å². The van der Waals surface area contributed by atoms with E-state index in [0.717, 1.165) is 12.8 Å². The highest BCUT2D eigenvalue weighted by Crippen LogP contribution is 2.06. The van der Waals surface area contributed by atoms with Crippen LogP contribution in [0.1, 0.15) is 44.0 Å². The van der Waals surface area contributed by atoms with Crippen molar-refractivity contribution in [3.05, 3.63) is 57.5 Å². The Balaban J connectivity index is 2.47. The summed E-state index contributed by atoms with van der Waals surface area (Å²) >= 11 is 0. The van der Waals surface area contributed by atoms with E-state index in [1.807, 2.05) is 6.08 Å². The maximum Gasteiger partial charge on any atom is 0.253 e. The second-order valence-electron chi connectivity index (χ2n) is 5.45. The molecule has 0 fully saturated rings. The minimum Gasteiger partial charge on any atom is -0.349 e. The Labute approximate surface area is 126 Å². The third kappa shape index (κ3) is 6.25. The molecule has 0 radical (unpaired) electrons. The third-order valence-corrected chi connectivity index (χ3v) is 3.15. The van der Waals surface area contributed by atoms with E-state index in [0.29, 0.717) is 12.1 Å². The number of aromatic nitrogens is 1. The molecule has 0 unspecified atom stereocenters. The molecule has 1 aromatic rings. The zero-order valence-electron chi connectivity index (χ0n) is 13.3. The summed E-state index contributed by atoms with van der Waals surface area (Å²) in [6, 6.07) is 2.94. The van der Waals surface area contributed by atoms with Crippen LogP contribution in [0.25, 0.3) is 0 Å². The van der Waals surface area contributed by atoms with Crippen LogP contribution in [0.3, 0.4) is 0 Å². The maximum atomic E-state index is 11.9. The molecular weight excluding hydrogens is 264 g/mol. The number of nitrogens with zero attached hydrogens (tertiary/aromatic N) is 1. The summed E-state index contributed by atoms with van der Waals surface area (Å²) in [4.78, 5) is 23.2. The summed E-state index contributed by atoms with van der Waals surface area (Å²) in [6.07, 6.45) is 7.81. The quantitative estimate of drug-likeness (QED) is 0.818. The highest BCUT2D eigenvalue weighted by molar-refractivity contribution is 5.93. The third-order valence-electron chi connectivity index (χ3n) is 3.15. The van der Waals surface area contributed by atoms with Crippen molar-refractivity contribution in [1.29, 1.82) is 0 Å². The van der Waals surface area contributed by atoms with E-state index >= 15 is 0 Å². The van der Waals surface area contributed by atoms with Crippen LogP contribution in [0.15, 0.2) is 46.4 Å². The number of hydrogen-bond donors (Lipinski definition) is 1. The van der Waals surface area contributed by atoms with Crippen molar-refractivity contribution in [2.45, 2.75) is 33.6 Å². The largest absolute Gasteiger partial charge is 0.349 e. The van der Waals surface area contributed by atoms with Crippen molar-refractivity contribution >= 4 is 5.91 Å². The lowest BCUT2D eigenvalue weighted by molar-refractivity contribution is 0.0957. The summed E-state index contributed by atoms with van der Waals surface area (Å²) in [5, 5.41) is 2.83. The zero-order chi connectivity index (χ0) is 15.8. The van der Waals surface area contributed by atoms with Gasteiger partial charge in [0.05, 0.1) is 5.56 Å². The van der Waals surface area contributed by atoms with Crippen molar-refractivity contribution in [2.75, 3.05) is 6.54 Å². The van der Waals surface area contributed by atoms with Crippen LogP contribution < -0.4 is 10.9 Å². The molecule has 0 aliphatic rings. The van der Waals surface area contributed by atoms with E-state index in [4.69, 9.17) is 0 Å². The average molecular weight is 288 g/mol. The fraction of sp³-hybridized carbons (Fsp3) is 0.412. The van der Waals surface area contributed by atoms with Crippen LogP contribution >= 0.6 is 0 Å². The summed E-state index contributed by atoms with van der Waals surface area (Å²) < 4.78 is 1.40. The van der Waals surface area contributed by atoms with Crippen LogP contribution in [0, 0.1) is 0 Å². The summed E-state index contributed by atoms with van der Waals surface area (Å²) in [6.45, 7) is 6.75. The first-order valence-electron chi connectivity index (χ1n) is 7.14. The SMILES string of the molecule is CC(C)=CCC/C(C)=C/CNC(=O)c1ccc(=O)n(C)c1. The Bertz CT molecular complexity index is 605. The lowest BCUT2D eigenvalue weighted by atomic mass is 10.1. The molecule has 0 saturated heterocycles. The summed E-state index contributed by atoms with van der Waals surface area (Å²) in [5.74, 6) is -0.168. The Morgan fingerprint density at radius 3 is 2.57 bits per heavy atom. The Morgan fingerprint density at radius 2 is 1.95 bits per heavy atom. The fourth-order valence-electron chi connectivity index (χ4n) is 1.84. The normalized spacial score (nSPS) is 11.1. The molecule has 0 atom stereocenters. The molecule has 4 heteroatoms. The molecule has 1 aromatic heterocycles. The number of nitrogens with one attached hydrogen (secondary N) is 1. The summed E-state index contributed by atoms with van der Waals surface area (Å²) in [5.41, 5.74) is 2.95. The van der Waals surface area contributed by atoms with E-state index in [9.17, 15) is 9.59 Å². The predicted molar refractivity (Wildman–Crippen MR) is 86.4 cm³/mol. The highest BCUT2D eigenvalue weighted by Gasteiger charge is 2.04. The van der Waals surface area contributed by atoms with Crippen LogP contribution in [-0.2, 0) is 7.05 Å². The summed E-state index contributed by atoms with van der Waals surface area (Å²) in [7, 11) is 1.63. The minimum absolute atomic E-state index is 0.124. The Hall–Kier alpha value is -2.10. The number of amides is 1. The molecule has 21 heavy (non-hydrogen) atoms. The Morgan fingerprint density at radius 1 is 1.24 bits per heavy atom. The van der Waals surface area contributed by atoms with Gasteiger partial charge in [-0.25, -0.2) is 0 Å². The first-order chi connectivity index (χ1) is 9.90. The molecule has 0 aliphatic carbocycles. The van der Waals surface area contributed by atoms with E-state index in [1.54, 1.807) is 19.3 Å². The van der Waals surface area contributed by atoms with Gasteiger partial charge in [0.1, 0.15) is 0 Å². The van der Waals surface area contributed by atoms with Gasteiger partial charge >= 0.3 is 0 Å². The number of aryl methyl sites for hydroxylation is 1. The smallest absolute Gasteiger partial charge is 0.253 e. The van der Waals surface area contributed by atoms with Gasteiger partial charge in [0.25, 0.3) is 5.91 Å². The van der Waals surface area contributed by atoms with Crippen LogP contribution in [0.4, 0.5) is 0 Å². The van der Waals surface area contributed by atoms with Crippen LogP contribution in [0.5, 0.6) is 0 Å². The first-order valence-corrected chi connectivity index (χ1v) is 7.14. The molecule has 1 amide bonds. The van der Waals surface area contributed by atoms with Crippen molar-refractivity contribution < 1.29 is 4.79 Å². The predicted octanol–water partition coefficient (Wildman–Crippen LogP) is 2.81. The van der Waals surface area contributed by atoms with Gasteiger partial charge in [0.15, 0.2) is 0 Å². The monoisotopic (exact) mass is 288 g/mol. The highest BCUT2D eigenvalue weighted by atomic mass is 16.1. The second-order valence-corrected chi connectivity index (χ2v) is 5.45. The molecule has 0 bridgehead atoms. The van der Waals surface area contributed by atoms with Gasteiger partial charge in [-0.2, -0.15) is 0 Å². The lowest BCUT2D eigenvalue weighted by Gasteiger charge is -2.05. The topological polar surface area (TPSA) is 51.1 Å². The molecule has 0 aromatic carbocycles. The van der Waals surface area contributed by atoms with E-state index in [2.05, 4.69) is 32.2 Å². The number of rotatable bonds is 6. The lowest BCUT2D eigenvalue weighted by Crippen LogP contribution is -2.26. The second kappa shape index (κ2) is 8.25. The first kappa shape index (κ1) is 17.0. The van der Waals surface area contributed by atoms with Crippen molar-refractivity contribution in [1.82, 2.24) is 9.88 Å². The number of pyridine rings is 1. The molecule has 1 N–H and O–H groups in total. The fourth-order valence-corrected chi connectivity index (χ4v) is 1.84. The standard InChI is InChI=1S/C17H24N2O2/c1-13(2)6-5-7-14(3)10-11-18-17(21)15-8-9-16(20)19(4)12-15/h6,8-10,12H,5,7,11H2,1-4H3,(H,18,21)/b14-10+. The number of hydrogen-bond acceptors (Lipinski definition) is 2. The molecule has 0 aliphatic heterocycles. The van der Waals surface area contributed by atoms with Gasteiger partial charge in [-0.1, -0.05) is 23.3 Å². The van der Waals surface area contributed by atoms with Gasteiger partial charge in [-0.15, -0.1) is 0 Å². The maximum absolute atomic E-state index is 11.9. The number of carbonyl (C=O) groups excluding carboxylic acids is 1. The van der Waals surface area contributed by atoms with Crippen molar-refractivity contribution in [3.63, 3.8) is 0 Å². The van der Waals surface area contributed by atoms with E-state index < -0.39 is 0 Å². The van der Waals surface area contributed by atoms with Gasteiger partial charge in [0, 0.05) is 25.9 Å². The van der Waals surface area contributed by atoms with Gasteiger partial charge < -0.3 is 9.88 Å². The van der Waals surface area contributed by atoms with Crippen molar-refractivity contribution in [2.24, 2.45) is 7.05 Å². The van der Waals surface area contributed by atoms with Gasteiger partial charge in [-0.05, 0) is 39.7 Å². The van der Waals surface area contributed by atoms with Crippen molar-refractivity contribution in [3.8, 4) is 0 Å². The molecule has 4 nitrogen and oxygen atoms in total. The van der Waals surface area contributed by atoms with Gasteiger partial charge in [0.2, 0.25) is 5.56 Å². The van der Waals surface area contributed by atoms with Crippen LogP contribution in [-0.4, -0.2) is 17.0 Å². The number of allylic oxidation sites excluding steroid dienone is 3. The van der Waals surface area contributed by atoms with Gasteiger partial charge in [-0.3, -0.25) is 9.59 Å². The Kier molecular flexibility index (Phi) is 6.66. The molecule has 1 heterocycles. The van der Waals surface area contributed by atoms with E-state index in [1.165, 1.54) is 21.8 Å². The molecule has 114 valence electrons. The zero-order valence-corrected chi connectivity index (χ0v) is 13.3. The molecule has 0 saturated carbocycles. The average Bonchev–Trinajstić information content (AvgIpc) is 2.41. The van der Waals surface area contributed by atoms with Crippen LogP contribution in [0.2, 0.25) is 0 Å². The molecule has 0 spiro atoms.